The number of fused-ring (bicyclic) bond motifs is 1. The summed E-state index contributed by atoms with van der Waals surface area (Å²) in [5, 5.41) is 11.1. The van der Waals surface area contributed by atoms with Gasteiger partial charge in [-0.3, -0.25) is 0 Å². The van der Waals surface area contributed by atoms with Crippen LogP contribution in [-0.4, -0.2) is 11.7 Å². The third-order valence-corrected chi connectivity index (χ3v) is 2.78. The van der Waals surface area contributed by atoms with Crippen molar-refractivity contribution in [1.29, 1.82) is 0 Å². The van der Waals surface area contributed by atoms with Crippen LogP contribution in [0.25, 0.3) is 10.8 Å². The summed E-state index contributed by atoms with van der Waals surface area (Å²) in [7, 11) is 0. The second-order valence-electron chi connectivity index (χ2n) is 3.95. The maximum absolute atomic E-state index is 8.92. The van der Waals surface area contributed by atoms with Gasteiger partial charge in [0.25, 0.3) is 0 Å². The fourth-order valence-electron chi connectivity index (χ4n) is 1.93. The highest BCUT2D eigenvalue weighted by Crippen LogP contribution is 2.26. The van der Waals surface area contributed by atoms with Crippen LogP contribution < -0.4 is 11.5 Å². The van der Waals surface area contributed by atoms with Gasteiger partial charge in [0.1, 0.15) is 0 Å². The van der Waals surface area contributed by atoms with Crippen molar-refractivity contribution >= 4 is 16.5 Å². The van der Waals surface area contributed by atoms with Gasteiger partial charge in [-0.15, -0.1) is 0 Å². The zero-order chi connectivity index (χ0) is 11.5. The Hall–Kier alpha value is -1.58. The molecule has 0 radical (unpaired) electrons. The Morgan fingerprint density at radius 3 is 2.75 bits per heavy atom. The highest BCUT2D eigenvalue weighted by molar-refractivity contribution is 5.88. The minimum atomic E-state index is -0.143. The summed E-state index contributed by atoms with van der Waals surface area (Å²) in [6.07, 6.45) is 0.563. The Bertz CT molecular complexity index is 496. The molecule has 0 bridgehead atoms. The Morgan fingerprint density at radius 2 is 2.00 bits per heavy atom. The monoisotopic (exact) mass is 216 g/mol. The smallest absolute Gasteiger partial charge is 0.0449 e. The van der Waals surface area contributed by atoms with E-state index in [9.17, 15) is 0 Å². The molecule has 0 saturated carbocycles. The third kappa shape index (κ3) is 2.01. The van der Waals surface area contributed by atoms with E-state index in [1.54, 1.807) is 0 Å². The van der Waals surface area contributed by atoms with Gasteiger partial charge in [0.15, 0.2) is 0 Å². The quantitative estimate of drug-likeness (QED) is 0.685. The molecular weight excluding hydrogens is 200 g/mol. The van der Waals surface area contributed by atoms with E-state index < -0.39 is 0 Å². The minimum absolute atomic E-state index is 0.0971. The number of aliphatic hydroxyl groups excluding tert-OH is 1. The zero-order valence-electron chi connectivity index (χ0n) is 9.06. The number of hydrogen-bond acceptors (Lipinski definition) is 3. The first-order chi connectivity index (χ1) is 7.72. The molecule has 0 aliphatic carbocycles. The molecule has 0 aliphatic rings. The number of nitrogen functional groups attached to an aromatic ring is 1. The maximum atomic E-state index is 8.92. The van der Waals surface area contributed by atoms with Gasteiger partial charge >= 0.3 is 0 Å². The first kappa shape index (κ1) is 10.9. The van der Waals surface area contributed by atoms with Gasteiger partial charge in [0.05, 0.1) is 0 Å². The van der Waals surface area contributed by atoms with Crippen molar-refractivity contribution in [2.75, 3.05) is 12.3 Å². The highest BCUT2D eigenvalue weighted by Gasteiger charge is 2.09. The molecular formula is C13H16N2O. The largest absolute Gasteiger partial charge is 0.399 e. The fourth-order valence-corrected chi connectivity index (χ4v) is 1.93. The average molecular weight is 216 g/mol. The number of anilines is 1. The van der Waals surface area contributed by atoms with Crippen molar-refractivity contribution in [3.8, 4) is 0 Å². The Morgan fingerprint density at radius 1 is 1.19 bits per heavy atom. The molecule has 0 heterocycles. The number of rotatable bonds is 3. The predicted molar refractivity (Wildman–Crippen MR) is 67.0 cm³/mol. The molecule has 84 valence electrons. The summed E-state index contributed by atoms with van der Waals surface area (Å²) in [6.45, 7) is 0.0971. The molecule has 2 aromatic rings. The molecule has 2 aromatic carbocycles. The topological polar surface area (TPSA) is 72.3 Å². The zero-order valence-corrected chi connectivity index (χ0v) is 9.06. The van der Waals surface area contributed by atoms with Crippen molar-refractivity contribution < 1.29 is 5.11 Å². The molecule has 0 aliphatic heterocycles. The summed E-state index contributed by atoms with van der Waals surface area (Å²) in [5.74, 6) is 0. The van der Waals surface area contributed by atoms with Crippen LogP contribution in [0, 0.1) is 0 Å². The SMILES string of the molecule is Nc1ccc2cccc(C(N)CCO)c2c1. The summed E-state index contributed by atoms with van der Waals surface area (Å²) < 4.78 is 0. The molecule has 0 fully saturated rings. The third-order valence-electron chi connectivity index (χ3n) is 2.78. The number of hydrogen-bond donors (Lipinski definition) is 3. The Labute approximate surface area is 94.7 Å². The molecule has 3 heteroatoms. The van der Waals surface area contributed by atoms with Crippen molar-refractivity contribution in [3.63, 3.8) is 0 Å². The lowest BCUT2D eigenvalue weighted by Gasteiger charge is -2.13. The molecule has 5 N–H and O–H groups in total. The maximum Gasteiger partial charge on any atom is 0.0449 e. The van der Waals surface area contributed by atoms with Crippen LogP contribution in [0.5, 0.6) is 0 Å². The van der Waals surface area contributed by atoms with E-state index in [2.05, 4.69) is 0 Å². The first-order valence-electron chi connectivity index (χ1n) is 5.37. The van der Waals surface area contributed by atoms with Crippen LogP contribution in [-0.2, 0) is 0 Å². The van der Waals surface area contributed by atoms with Gasteiger partial charge in [0, 0.05) is 18.3 Å². The number of aliphatic hydroxyl groups is 1. The van der Waals surface area contributed by atoms with Crippen LogP contribution in [0.1, 0.15) is 18.0 Å². The van der Waals surface area contributed by atoms with Gasteiger partial charge in [-0.05, 0) is 34.9 Å². The molecule has 0 saturated heterocycles. The Balaban J connectivity index is 2.55. The van der Waals surface area contributed by atoms with Crippen LogP contribution in [0.4, 0.5) is 5.69 Å². The van der Waals surface area contributed by atoms with Gasteiger partial charge in [-0.1, -0.05) is 24.3 Å². The molecule has 1 unspecified atom stereocenters. The standard InChI is InChI=1S/C13H16N2O/c14-10-5-4-9-2-1-3-11(12(9)8-10)13(15)6-7-16/h1-5,8,13,16H,6-7,14-15H2. The number of benzene rings is 2. The lowest BCUT2D eigenvalue weighted by molar-refractivity contribution is 0.277. The second kappa shape index (κ2) is 4.51. The van der Waals surface area contributed by atoms with Crippen molar-refractivity contribution in [1.82, 2.24) is 0 Å². The van der Waals surface area contributed by atoms with Crippen molar-refractivity contribution in [2.24, 2.45) is 5.73 Å². The summed E-state index contributed by atoms with van der Waals surface area (Å²) >= 11 is 0. The predicted octanol–water partition coefficient (Wildman–Crippen LogP) is 1.80. The lowest BCUT2D eigenvalue weighted by Crippen LogP contribution is -2.12. The number of nitrogens with two attached hydrogens (primary N) is 2. The molecule has 16 heavy (non-hydrogen) atoms. The molecule has 1 atom stereocenters. The minimum Gasteiger partial charge on any atom is -0.399 e. The molecule has 0 aromatic heterocycles. The van der Waals surface area contributed by atoms with E-state index in [4.69, 9.17) is 16.6 Å². The van der Waals surface area contributed by atoms with Crippen LogP contribution in [0.15, 0.2) is 36.4 Å². The van der Waals surface area contributed by atoms with E-state index in [1.807, 2.05) is 36.4 Å². The molecule has 3 nitrogen and oxygen atoms in total. The van der Waals surface area contributed by atoms with E-state index in [0.717, 1.165) is 22.0 Å². The van der Waals surface area contributed by atoms with Gasteiger partial charge in [-0.2, -0.15) is 0 Å². The van der Waals surface area contributed by atoms with Gasteiger partial charge in [0.2, 0.25) is 0 Å². The summed E-state index contributed by atoms with van der Waals surface area (Å²) in [4.78, 5) is 0. The molecule has 0 amide bonds. The molecule has 2 rings (SSSR count). The van der Waals surface area contributed by atoms with E-state index in [0.29, 0.717) is 6.42 Å². The van der Waals surface area contributed by atoms with Crippen molar-refractivity contribution in [2.45, 2.75) is 12.5 Å². The lowest BCUT2D eigenvalue weighted by atomic mass is 9.97. The average Bonchev–Trinajstić information content (AvgIpc) is 2.28. The van der Waals surface area contributed by atoms with Crippen LogP contribution >= 0.6 is 0 Å². The van der Waals surface area contributed by atoms with E-state index >= 15 is 0 Å². The van der Waals surface area contributed by atoms with E-state index in [1.165, 1.54) is 0 Å². The molecule has 0 spiro atoms. The summed E-state index contributed by atoms with van der Waals surface area (Å²) in [5.41, 5.74) is 13.6. The Kier molecular flexibility index (Phi) is 3.08. The second-order valence-corrected chi connectivity index (χ2v) is 3.95. The first-order valence-corrected chi connectivity index (χ1v) is 5.37. The normalized spacial score (nSPS) is 12.9. The van der Waals surface area contributed by atoms with Gasteiger partial charge < -0.3 is 16.6 Å². The fraction of sp³-hybridized carbons (Fsp3) is 0.231. The van der Waals surface area contributed by atoms with Crippen LogP contribution in [0.2, 0.25) is 0 Å². The van der Waals surface area contributed by atoms with Crippen molar-refractivity contribution in [3.05, 3.63) is 42.0 Å². The van der Waals surface area contributed by atoms with Crippen LogP contribution in [0.3, 0.4) is 0 Å². The highest BCUT2D eigenvalue weighted by atomic mass is 16.3. The summed E-state index contributed by atoms with van der Waals surface area (Å²) in [6, 6.07) is 11.7. The van der Waals surface area contributed by atoms with E-state index in [-0.39, 0.29) is 12.6 Å². The van der Waals surface area contributed by atoms with Gasteiger partial charge in [-0.25, -0.2) is 0 Å².